The maximum atomic E-state index is 13.5. The van der Waals surface area contributed by atoms with Crippen LogP contribution in [0.4, 0.5) is 31.5 Å². The number of thiazole rings is 1. The van der Waals surface area contributed by atoms with Crippen LogP contribution in [0, 0.1) is 13.8 Å². The number of anilines is 1. The maximum absolute atomic E-state index is 13.5. The molecule has 0 atom stereocenters. The highest BCUT2D eigenvalue weighted by molar-refractivity contribution is 7.22. The number of halogens is 6. The minimum absolute atomic E-state index is 0.0126. The third-order valence-corrected chi connectivity index (χ3v) is 7.17. The third-order valence-electron chi connectivity index (χ3n) is 6.13. The van der Waals surface area contributed by atoms with Gasteiger partial charge in [0.05, 0.1) is 34.6 Å². The van der Waals surface area contributed by atoms with E-state index in [1.54, 1.807) is 0 Å². The summed E-state index contributed by atoms with van der Waals surface area (Å²) >= 11 is 1.16. The van der Waals surface area contributed by atoms with E-state index in [0.29, 0.717) is 50.5 Å². The molecule has 1 amide bonds. The largest absolute Gasteiger partial charge is 0.416 e. The molecule has 0 saturated carbocycles. The number of ether oxygens (including phenoxy) is 1. The Morgan fingerprint density at radius 2 is 1.64 bits per heavy atom. The zero-order valence-electron chi connectivity index (χ0n) is 19.5. The van der Waals surface area contributed by atoms with Crippen LogP contribution in [0.25, 0.3) is 10.2 Å². The van der Waals surface area contributed by atoms with Crippen LogP contribution in [0.3, 0.4) is 0 Å². The number of nitrogens with zero attached hydrogens (tertiary/aromatic N) is 3. The minimum atomic E-state index is -5.06. The number of aryl methyl sites for hydroxylation is 2. The van der Waals surface area contributed by atoms with Crippen molar-refractivity contribution >= 4 is 32.6 Å². The molecule has 0 unspecified atom stereocenters. The SMILES string of the molecule is Cc1ccc2sc(N(CCN3CCOCC3)C(=O)c3cc(C(F)(F)F)cc(C(F)(F)F)c3)nc2c1C. The van der Waals surface area contributed by atoms with Gasteiger partial charge >= 0.3 is 12.4 Å². The molecule has 1 aliphatic rings. The summed E-state index contributed by atoms with van der Waals surface area (Å²) in [6.45, 7) is 6.35. The van der Waals surface area contributed by atoms with Crippen molar-refractivity contribution in [3.8, 4) is 0 Å². The van der Waals surface area contributed by atoms with E-state index in [9.17, 15) is 31.1 Å². The Morgan fingerprint density at radius 3 is 2.22 bits per heavy atom. The van der Waals surface area contributed by atoms with E-state index in [1.165, 1.54) is 4.90 Å². The van der Waals surface area contributed by atoms with E-state index in [0.717, 1.165) is 27.2 Å². The first kappa shape index (κ1) is 26.4. The van der Waals surface area contributed by atoms with Gasteiger partial charge in [0.25, 0.3) is 5.91 Å². The summed E-state index contributed by atoms with van der Waals surface area (Å²) in [5.41, 5.74) is -1.29. The van der Waals surface area contributed by atoms with E-state index in [4.69, 9.17) is 4.74 Å². The number of carbonyl (C=O) groups excluding carboxylic acids is 1. The van der Waals surface area contributed by atoms with Crippen molar-refractivity contribution in [2.45, 2.75) is 26.2 Å². The van der Waals surface area contributed by atoms with Gasteiger partial charge in [-0.3, -0.25) is 14.6 Å². The number of benzene rings is 2. The normalized spacial score (nSPS) is 15.4. The Kier molecular flexibility index (Phi) is 7.31. The molecule has 194 valence electrons. The minimum Gasteiger partial charge on any atom is -0.379 e. The van der Waals surface area contributed by atoms with Gasteiger partial charge in [0.15, 0.2) is 5.13 Å². The number of carbonyl (C=O) groups is 1. The van der Waals surface area contributed by atoms with Crippen LogP contribution in [0.15, 0.2) is 30.3 Å². The van der Waals surface area contributed by atoms with Gasteiger partial charge in [0.2, 0.25) is 0 Å². The van der Waals surface area contributed by atoms with E-state index in [2.05, 4.69) is 4.98 Å². The molecule has 5 nitrogen and oxygen atoms in total. The molecule has 0 spiro atoms. The van der Waals surface area contributed by atoms with Crippen LogP contribution in [0.2, 0.25) is 0 Å². The second-order valence-electron chi connectivity index (χ2n) is 8.56. The van der Waals surface area contributed by atoms with Crippen molar-refractivity contribution in [2.75, 3.05) is 44.3 Å². The van der Waals surface area contributed by atoms with Crippen molar-refractivity contribution in [3.05, 3.63) is 58.1 Å². The highest BCUT2D eigenvalue weighted by Crippen LogP contribution is 2.38. The van der Waals surface area contributed by atoms with Crippen molar-refractivity contribution < 1.29 is 35.9 Å². The predicted octanol–water partition coefficient (Wildman–Crippen LogP) is 5.93. The van der Waals surface area contributed by atoms with Gasteiger partial charge in [0.1, 0.15) is 0 Å². The zero-order valence-corrected chi connectivity index (χ0v) is 20.3. The molecule has 3 aromatic rings. The average Bonchev–Trinajstić information content (AvgIpc) is 3.25. The summed E-state index contributed by atoms with van der Waals surface area (Å²) < 4.78 is 86.6. The van der Waals surface area contributed by atoms with Gasteiger partial charge in [-0.15, -0.1) is 0 Å². The number of fused-ring (bicyclic) bond motifs is 1. The molecule has 1 saturated heterocycles. The lowest BCUT2D eigenvalue weighted by molar-refractivity contribution is -0.143. The quantitative estimate of drug-likeness (QED) is 0.383. The number of rotatable bonds is 5. The summed E-state index contributed by atoms with van der Waals surface area (Å²) in [7, 11) is 0. The topological polar surface area (TPSA) is 45.7 Å². The second-order valence-corrected chi connectivity index (χ2v) is 9.57. The first-order valence-corrected chi connectivity index (χ1v) is 11.9. The third kappa shape index (κ3) is 5.65. The summed E-state index contributed by atoms with van der Waals surface area (Å²) in [6, 6.07) is 4.65. The molecule has 4 rings (SSSR count). The molecule has 1 fully saturated rings. The summed E-state index contributed by atoms with van der Waals surface area (Å²) in [4.78, 5) is 21.3. The van der Waals surface area contributed by atoms with Crippen LogP contribution >= 0.6 is 11.3 Å². The Morgan fingerprint density at radius 1 is 1.03 bits per heavy atom. The smallest absolute Gasteiger partial charge is 0.379 e. The fourth-order valence-corrected chi connectivity index (χ4v) is 4.96. The van der Waals surface area contributed by atoms with Gasteiger partial charge < -0.3 is 4.74 Å². The molecule has 0 bridgehead atoms. The van der Waals surface area contributed by atoms with Gasteiger partial charge in [-0.25, -0.2) is 4.98 Å². The van der Waals surface area contributed by atoms with E-state index in [1.807, 2.05) is 30.9 Å². The molecular formula is C24H23F6N3O2S. The Labute approximate surface area is 207 Å². The molecule has 0 N–H and O–H groups in total. The van der Waals surface area contributed by atoms with Gasteiger partial charge in [-0.05, 0) is 49.2 Å². The lowest BCUT2D eigenvalue weighted by atomic mass is 10.0. The van der Waals surface area contributed by atoms with Crippen LogP contribution in [-0.4, -0.2) is 55.2 Å². The van der Waals surface area contributed by atoms with E-state index in [-0.39, 0.29) is 17.7 Å². The molecule has 2 aromatic carbocycles. The number of aromatic nitrogens is 1. The lowest BCUT2D eigenvalue weighted by Crippen LogP contribution is -2.43. The maximum Gasteiger partial charge on any atom is 0.416 e. The lowest BCUT2D eigenvalue weighted by Gasteiger charge is -2.29. The standard InChI is InChI=1S/C24H23F6N3O2S/c1-14-3-4-19-20(15(14)2)31-22(36-19)33(6-5-32-7-9-35-10-8-32)21(34)16-11-17(23(25,26)27)13-18(12-16)24(28,29)30/h3-4,11-13H,5-10H2,1-2H3. The van der Waals surface area contributed by atoms with Crippen molar-refractivity contribution in [2.24, 2.45) is 0 Å². The highest BCUT2D eigenvalue weighted by Gasteiger charge is 2.38. The summed E-state index contributed by atoms with van der Waals surface area (Å²) in [6.07, 6.45) is -10.1. The molecule has 0 aliphatic carbocycles. The van der Waals surface area contributed by atoms with Gasteiger partial charge in [0, 0.05) is 31.7 Å². The molecule has 36 heavy (non-hydrogen) atoms. The molecular weight excluding hydrogens is 508 g/mol. The number of morpholine rings is 1. The van der Waals surface area contributed by atoms with E-state index < -0.39 is 35.0 Å². The molecule has 2 heterocycles. The summed E-state index contributed by atoms with van der Waals surface area (Å²) in [5, 5.41) is 0.211. The first-order chi connectivity index (χ1) is 16.8. The molecule has 1 aromatic heterocycles. The van der Waals surface area contributed by atoms with Crippen LogP contribution in [-0.2, 0) is 17.1 Å². The summed E-state index contributed by atoms with van der Waals surface area (Å²) in [5.74, 6) is -0.978. The Bertz CT molecular complexity index is 1230. The zero-order chi connectivity index (χ0) is 26.3. The van der Waals surface area contributed by atoms with Crippen molar-refractivity contribution in [3.63, 3.8) is 0 Å². The number of hydrogen-bond acceptors (Lipinski definition) is 5. The number of amides is 1. The van der Waals surface area contributed by atoms with Crippen LogP contribution < -0.4 is 4.90 Å². The van der Waals surface area contributed by atoms with Gasteiger partial charge in [-0.1, -0.05) is 17.4 Å². The van der Waals surface area contributed by atoms with Crippen molar-refractivity contribution in [1.82, 2.24) is 9.88 Å². The van der Waals surface area contributed by atoms with Crippen molar-refractivity contribution in [1.29, 1.82) is 0 Å². The van der Waals surface area contributed by atoms with Gasteiger partial charge in [-0.2, -0.15) is 26.3 Å². The van der Waals surface area contributed by atoms with E-state index >= 15 is 0 Å². The molecule has 0 radical (unpaired) electrons. The predicted molar refractivity (Wildman–Crippen MR) is 124 cm³/mol. The van der Waals surface area contributed by atoms with Crippen LogP contribution in [0.5, 0.6) is 0 Å². The first-order valence-electron chi connectivity index (χ1n) is 11.1. The average molecular weight is 532 g/mol. The fraction of sp³-hybridized carbons (Fsp3) is 0.417. The second kappa shape index (κ2) is 9.98. The Hall–Kier alpha value is -2.70. The van der Waals surface area contributed by atoms with Crippen LogP contribution in [0.1, 0.15) is 32.6 Å². The fourth-order valence-electron chi connectivity index (χ4n) is 3.91. The highest BCUT2D eigenvalue weighted by atomic mass is 32.1. The molecule has 12 heteroatoms. The molecule has 1 aliphatic heterocycles. The monoisotopic (exact) mass is 531 g/mol. The number of hydrogen-bond donors (Lipinski definition) is 0. The number of alkyl halides is 6. The Balaban J connectivity index is 1.77.